The standard InChI is InChI=1S/C19H20N6O/c1-13(26)10-18(21)24-19-22-7-6-16(23-19)14-4-5-17(15(11-14)12-20)25-8-2-3-9-25/h4-7,11H,2-3,8-10H2,1H3,(H2,21,22,23,24). The highest BCUT2D eigenvalue weighted by Crippen LogP contribution is 2.29. The number of rotatable bonds is 5. The van der Waals surface area contributed by atoms with Crippen molar-refractivity contribution in [2.75, 3.05) is 18.0 Å². The van der Waals surface area contributed by atoms with Crippen molar-refractivity contribution < 1.29 is 4.79 Å². The topological polar surface area (TPSA) is 108 Å². The maximum absolute atomic E-state index is 11.1. The van der Waals surface area contributed by atoms with Crippen LogP contribution in [0.25, 0.3) is 11.3 Å². The summed E-state index contributed by atoms with van der Waals surface area (Å²) in [6, 6.07) is 9.79. The number of nitrogens with two attached hydrogens (primary N) is 1. The lowest BCUT2D eigenvalue weighted by Crippen LogP contribution is -2.18. The summed E-state index contributed by atoms with van der Waals surface area (Å²) in [7, 11) is 0. The summed E-state index contributed by atoms with van der Waals surface area (Å²) in [6.45, 7) is 3.41. The van der Waals surface area contributed by atoms with E-state index >= 15 is 0 Å². The Kier molecular flexibility index (Phi) is 5.23. The first kappa shape index (κ1) is 17.5. The monoisotopic (exact) mass is 348 g/mol. The lowest BCUT2D eigenvalue weighted by Gasteiger charge is -2.19. The average Bonchev–Trinajstić information content (AvgIpc) is 3.15. The molecule has 0 spiro atoms. The predicted octanol–water partition coefficient (Wildman–Crippen LogP) is 2.58. The van der Waals surface area contributed by atoms with Crippen molar-refractivity contribution in [3.63, 3.8) is 0 Å². The van der Waals surface area contributed by atoms with Gasteiger partial charge >= 0.3 is 0 Å². The highest BCUT2D eigenvalue weighted by molar-refractivity contribution is 5.99. The van der Waals surface area contributed by atoms with Gasteiger partial charge in [0.1, 0.15) is 17.7 Å². The number of anilines is 1. The zero-order valence-electron chi connectivity index (χ0n) is 14.6. The van der Waals surface area contributed by atoms with Gasteiger partial charge in [0.2, 0.25) is 0 Å². The summed E-state index contributed by atoms with van der Waals surface area (Å²) >= 11 is 0. The molecular formula is C19H20N6O. The van der Waals surface area contributed by atoms with Gasteiger partial charge in [0.15, 0.2) is 0 Å². The van der Waals surface area contributed by atoms with Crippen molar-refractivity contribution >= 4 is 23.3 Å². The molecule has 2 heterocycles. The lowest BCUT2D eigenvalue weighted by atomic mass is 10.1. The lowest BCUT2D eigenvalue weighted by molar-refractivity contribution is -0.115. The maximum Gasteiger partial charge on any atom is 0.251 e. The molecule has 132 valence electrons. The number of hydrogen-bond donors (Lipinski definition) is 1. The van der Waals surface area contributed by atoms with E-state index in [0.29, 0.717) is 11.3 Å². The minimum Gasteiger partial charge on any atom is -0.387 e. The number of Topliss-reactive ketones (excluding diaryl/α,β-unsaturated/α-hetero) is 1. The predicted molar refractivity (Wildman–Crippen MR) is 100 cm³/mol. The van der Waals surface area contributed by atoms with E-state index in [1.54, 1.807) is 12.3 Å². The third-order valence-corrected chi connectivity index (χ3v) is 4.18. The van der Waals surface area contributed by atoms with Gasteiger partial charge in [-0.25, -0.2) is 9.97 Å². The van der Waals surface area contributed by atoms with E-state index in [9.17, 15) is 10.1 Å². The Balaban J connectivity index is 1.91. The van der Waals surface area contributed by atoms with Gasteiger partial charge in [0, 0.05) is 24.8 Å². The van der Waals surface area contributed by atoms with Gasteiger partial charge < -0.3 is 10.6 Å². The van der Waals surface area contributed by atoms with Crippen LogP contribution in [-0.4, -0.2) is 34.7 Å². The summed E-state index contributed by atoms with van der Waals surface area (Å²) in [6.07, 6.45) is 3.96. The Bertz CT molecular complexity index is 893. The van der Waals surface area contributed by atoms with Gasteiger partial charge in [0.25, 0.3) is 5.95 Å². The smallest absolute Gasteiger partial charge is 0.251 e. The van der Waals surface area contributed by atoms with Crippen molar-refractivity contribution in [2.45, 2.75) is 26.2 Å². The van der Waals surface area contributed by atoms with Crippen molar-refractivity contribution in [3.8, 4) is 17.3 Å². The van der Waals surface area contributed by atoms with Crippen molar-refractivity contribution in [1.82, 2.24) is 9.97 Å². The number of nitrogens with zero attached hydrogens (tertiary/aromatic N) is 5. The average molecular weight is 348 g/mol. The van der Waals surface area contributed by atoms with Crippen LogP contribution >= 0.6 is 0 Å². The Morgan fingerprint density at radius 3 is 2.81 bits per heavy atom. The molecule has 1 saturated heterocycles. The van der Waals surface area contributed by atoms with Gasteiger partial charge in [-0.3, -0.25) is 4.79 Å². The number of hydrogen-bond acceptors (Lipinski definition) is 6. The normalized spacial score (nSPS) is 14.3. The molecule has 0 bridgehead atoms. The minimum absolute atomic E-state index is 0.0662. The van der Waals surface area contributed by atoms with E-state index in [1.807, 2.05) is 18.2 Å². The molecule has 1 aliphatic heterocycles. The van der Waals surface area contributed by atoms with E-state index in [0.717, 1.165) is 37.2 Å². The van der Waals surface area contributed by atoms with Crippen molar-refractivity contribution in [3.05, 3.63) is 36.0 Å². The van der Waals surface area contributed by atoms with Gasteiger partial charge in [-0.1, -0.05) is 6.07 Å². The Labute approximate surface area is 152 Å². The number of ketones is 1. The van der Waals surface area contributed by atoms with Crippen LogP contribution in [0.3, 0.4) is 0 Å². The van der Waals surface area contributed by atoms with Gasteiger partial charge in [-0.2, -0.15) is 10.3 Å². The second-order valence-electron chi connectivity index (χ2n) is 6.26. The van der Waals surface area contributed by atoms with E-state index in [-0.39, 0.29) is 24.0 Å². The quantitative estimate of drug-likeness (QED) is 0.657. The minimum atomic E-state index is -0.0708. The Morgan fingerprint density at radius 2 is 2.12 bits per heavy atom. The number of benzene rings is 1. The fourth-order valence-electron chi connectivity index (χ4n) is 3.00. The molecule has 1 aromatic carbocycles. The van der Waals surface area contributed by atoms with E-state index in [1.165, 1.54) is 6.92 Å². The first-order valence-electron chi connectivity index (χ1n) is 8.52. The number of carbonyl (C=O) groups is 1. The number of amidine groups is 1. The zero-order valence-corrected chi connectivity index (χ0v) is 14.6. The SMILES string of the molecule is CC(=O)CC(N)=Nc1nccc(-c2ccc(N3CCCC3)c(C#N)c2)n1. The summed E-state index contributed by atoms with van der Waals surface area (Å²) in [4.78, 5) is 25.9. The van der Waals surface area contributed by atoms with Gasteiger partial charge in [0.05, 0.1) is 23.4 Å². The van der Waals surface area contributed by atoms with Crippen LogP contribution in [0.4, 0.5) is 11.6 Å². The number of carbonyl (C=O) groups excluding carboxylic acids is 1. The molecule has 0 saturated carbocycles. The Hall–Kier alpha value is -3.27. The molecular weight excluding hydrogens is 328 g/mol. The molecule has 7 nitrogen and oxygen atoms in total. The van der Waals surface area contributed by atoms with E-state index < -0.39 is 0 Å². The second-order valence-corrected chi connectivity index (χ2v) is 6.26. The van der Waals surface area contributed by atoms with E-state index in [4.69, 9.17) is 5.73 Å². The third-order valence-electron chi connectivity index (χ3n) is 4.18. The Morgan fingerprint density at radius 1 is 1.35 bits per heavy atom. The second kappa shape index (κ2) is 7.74. The van der Waals surface area contributed by atoms with Crippen LogP contribution in [0.2, 0.25) is 0 Å². The number of aromatic nitrogens is 2. The first-order chi connectivity index (χ1) is 12.6. The molecule has 0 unspecified atom stereocenters. The fourth-order valence-corrected chi connectivity index (χ4v) is 3.00. The molecule has 0 amide bonds. The number of aliphatic imine (C=N–C) groups is 1. The van der Waals surface area contributed by atoms with Crippen LogP contribution in [-0.2, 0) is 4.79 Å². The molecule has 2 aromatic rings. The van der Waals surface area contributed by atoms with Crippen LogP contribution < -0.4 is 10.6 Å². The molecule has 1 fully saturated rings. The van der Waals surface area contributed by atoms with Crippen LogP contribution in [0.15, 0.2) is 35.5 Å². The highest BCUT2D eigenvalue weighted by Gasteiger charge is 2.16. The summed E-state index contributed by atoms with van der Waals surface area (Å²) in [5.41, 5.74) is 8.79. The zero-order chi connectivity index (χ0) is 18.5. The van der Waals surface area contributed by atoms with Crippen LogP contribution in [0, 0.1) is 11.3 Å². The fraction of sp³-hybridized carbons (Fsp3) is 0.316. The van der Waals surface area contributed by atoms with Crippen LogP contribution in [0.5, 0.6) is 0 Å². The summed E-state index contributed by atoms with van der Waals surface area (Å²) < 4.78 is 0. The number of nitriles is 1. The molecule has 26 heavy (non-hydrogen) atoms. The molecule has 0 aliphatic carbocycles. The summed E-state index contributed by atoms with van der Waals surface area (Å²) in [5.74, 6) is 0.304. The van der Waals surface area contributed by atoms with Crippen molar-refractivity contribution in [1.29, 1.82) is 5.26 Å². The van der Waals surface area contributed by atoms with Gasteiger partial charge in [-0.15, -0.1) is 0 Å². The molecule has 7 heteroatoms. The molecule has 0 radical (unpaired) electrons. The highest BCUT2D eigenvalue weighted by atomic mass is 16.1. The van der Waals surface area contributed by atoms with Gasteiger partial charge in [-0.05, 0) is 38.0 Å². The third kappa shape index (κ3) is 4.03. The molecule has 0 atom stereocenters. The van der Waals surface area contributed by atoms with E-state index in [2.05, 4.69) is 25.9 Å². The maximum atomic E-state index is 11.1. The summed E-state index contributed by atoms with van der Waals surface area (Å²) in [5, 5.41) is 9.53. The van der Waals surface area contributed by atoms with Crippen LogP contribution in [0.1, 0.15) is 31.7 Å². The first-order valence-corrected chi connectivity index (χ1v) is 8.52. The largest absolute Gasteiger partial charge is 0.387 e. The molecule has 1 aromatic heterocycles. The molecule has 2 N–H and O–H groups in total. The molecule has 1 aliphatic rings. The van der Waals surface area contributed by atoms with Crippen molar-refractivity contribution in [2.24, 2.45) is 10.7 Å². The molecule has 3 rings (SSSR count).